The van der Waals surface area contributed by atoms with Crippen molar-refractivity contribution in [2.24, 2.45) is 5.92 Å². The summed E-state index contributed by atoms with van der Waals surface area (Å²) < 4.78 is 17.8. The molecule has 0 aromatic heterocycles. The number of nitrogens with one attached hydrogen (secondary N) is 2. The van der Waals surface area contributed by atoms with E-state index in [-0.39, 0.29) is 24.9 Å². The molecule has 1 aliphatic carbocycles. The summed E-state index contributed by atoms with van der Waals surface area (Å²) >= 11 is 0. The van der Waals surface area contributed by atoms with Crippen LogP contribution in [0.25, 0.3) is 0 Å². The standard InChI is InChI=1S/C20H24FN3O5/c21-14-5-7-15(8-6-14)23-17(25)10-22-18(26)12-29-20(28)13-9-19(27)24(11-13)16-3-1-2-4-16/h5-8,13,16H,1-4,9-12H2,(H,22,26)(H,23,25)/t13-/m0/s1. The molecule has 2 N–H and O–H groups in total. The van der Waals surface area contributed by atoms with Gasteiger partial charge in [0.2, 0.25) is 11.8 Å². The highest BCUT2D eigenvalue weighted by molar-refractivity contribution is 5.95. The molecule has 29 heavy (non-hydrogen) atoms. The number of hydrogen-bond donors (Lipinski definition) is 2. The summed E-state index contributed by atoms with van der Waals surface area (Å²) in [7, 11) is 0. The fourth-order valence-electron chi connectivity index (χ4n) is 3.68. The van der Waals surface area contributed by atoms with E-state index in [1.807, 2.05) is 0 Å². The number of carbonyl (C=O) groups is 4. The van der Waals surface area contributed by atoms with E-state index in [0.717, 1.165) is 25.7 Å². The maximum Gasteiger partial charge on any atom is 0.311 e. The average molecular weight is 405 g/mol. The number of benzene rings is 1. The maximum absolute atomic E-state index is 12.8. The minimum Gasteiger partial charge on any atom is -0.455 e. The number of carbonyl (C=O) groups excluding carboxylic acids is 4. The van der Waals surface area contributed by atoms with Gasteiger partial charge in [0.1, 0.15) is 5.82 Å². The second-order valence-electron chi connectivity index (χ2n) is 7.32. The smallest absolute Gasteiger partial charge is 0.311 e. The Kier molecular flexibility index (Phi) is 6.79. The Morgan fingerprint density at radius 2 is 1.79 bits per heavy atom. The SMILES string of the molecule is O=C(COC(=O)[C@H]1CC(=O)N(C2CCCC2)C1)NCC(=O)Nc1ccc(F)cc1. The Morgan fingerprint density at radius 3 is 2.48 bits per heavy atom. The van der Waals surface area contributed by atoms with E-state index in [4.69, 9.17) is 4.74 Å². The molecule has 2 fully saturated rings. The largest absolute Gasteiger partial charge is 0.455 e. The molecule has 2 aliphatic rings. The molecule has 3 rings (SSSR count). The summed E-state index contributed by atoms with van der Waals surface area (Å²) in [6, 6.07) is 5.41. The molecule has 1 saturated carbocycles. The van der Waals surface area contributed by atoms with Crippen LogP contribution in [-0.4, -0.2) is 54.3 Å². The van der Waals surface area contributed by atoms with Gasteiger partial charge in [0, 0.05) is 24.7 Å². The molecule has 1 saturated heterocycles. The predicted octanol–water partition coefficient (Wildman–Crippen LogP) is 1.21. The molecule has 0 radical (unpaired) electrons. The number of amides is 3. The predicted molar refractivity (Wildman–Crippen MR) is 101 cm³/mol. The first kappa shape index (κ1) is 20.8. The zero-order chi connectivity index (χ0) is 20.8. The van der Waals surface area contributed by atoms with Gasteiger partial charge >= 0.3 is 5.97 Å². The lowest BCUT2D eigenvalue weighted by atomic mass is 10.1. The van der Waals surface area contributed by atoms with Crippen molar-refractivity contribution in [3.05, 3.63) is 30.1 Å². The maximum atomic E-state index is 12.8. The molecule has 1 heterocycles. The molecule has 9 heteroatoms. The third-order valence-corrected chi connectivity index (χ3v) is 5.18. The van der Waals surface area contributed by atoms with Crippen molar-refractivity contribution in [2.75, 3.05) is 25.0 Å². The van der Waals surface area contributed by atoms with Gasteiger partial charge in [-0.2, -0.15) is 0 Å². The van der Waals surface area contributed by atoms with Crippen LogP contribution in [0.1, 0.15) is 32.1 Å². The first-order valence-electron chi connectivity index (χ1n) is 9.70. The highest BCUT2D eigenvalue weighted by atomic mass is 19.1. The molecule has 1 aliphatic heterocycles. The van der Waals surface area contributed by atoms with E-state index in [0.29, 0.717) is 12.2 Å². The fourth-order valence-corrected chi connectivity index (χ4v) is 3.68. The Labute approximate surface area is 167 Å². The summed E-state index contributed by atoms with van der Waals surface area (Å²) in [6.45, 7) is -0.494. The van der Waals surface area contributed by atoms with Gasteiger partial charge in [-0.25, -0.2) is 4.39 Å². The Morgan fingerprint density at radius 1 is 1.10 bits per heavy atom. The molecule has 0 spiro atoms. The molecule has 1 atom stereocenters. The number of halogens is 1. The highest BCUT2D eigenvalue weighted by Crippen LogP contribution is 2.29. The topological polar surface area (TPSA) is 105 Å². The lowest BCUT2D eigenvalue weighted by Crippen LogP contribution is -2.37. The van der Waals surface area contributed by atoms with Crippen molar-refractivity contribution in [1.29, 1.82) is 0 Å². The van der Waals surface area contributed by atoms with Gasteiger partial charge in [-0.3, -0.25) is 19.2 Å². The molecular formula is C20H24FN3O5. The van der Waals surface area contributed by atoms with Gasteiger partial charge in [-0.1, -0.05) is 12.8 Å². The fraction of sp³-hybridized carbons (Fsp3) is 0.500. The van der Waals surface area contributed by atoms with E-state index in [1.165, 1.54) is 24.3 Å². The Bertz CT molecular complexity index is 777. The van der Waals surface area contributed by atoms with Crippen LogP contribution in [0.15, 0.2) is 24.3 Å². The number of esters is 1. The monoisotopic (exact) mass is 405 g/mol. The van der Waals surface area contributed by atoms with Crippen LogP contribution in [0.3, 0.4) is 0 Å². The van der Waals surface area contributed by atoms with E-state index in [2.05, 4.69) is 10.6 Å². The van der Waals surface area contributed by atoms with Crippen molar-refractivity contribution in [2.45, 2.75) is 38.1 Å². The number of rotatable bonds is 7. The number of anilines is 1. The first-order chi connectivity index (χ1) is 13.9. The van der Waals surface area contributed by atoms with Gasteiger partial charge in [0.05, 0.1) is 12.5 Å². The Balaban J connectivity index is 1.35. The summed E-state index contributed by atoms with van der Waals surface area (Å²) in [5, 5.41) is 4.84. The van der Waals surface area contributed by atoms with Crippen LogP contribution < -0.4 is 10.6 Å². The van der Waals surface area contributed by atoms with Crippen LogP contribution >= 0.6 is 0 Å². The summed E-state index contributed by atoms with van der Waals surface area (Å²) in [4.78, 5) is 49.7. The molecular weight excluding hydrogens is 381 g/mol. The number of nitrogens with zero attached hydrogens (tertiary/aromatic N) is 1. The van der Waals surface area contributed by atoms with E-state index >= 15 is 0 Å². The zero-order valence-electron chi connectivity index (χ0n) is 16.0. The normalized spacial score (nSPS) is 19.3. The van der Waals surface area contributed by atoms with Crippen LogP contribution in [0.5, 0.6) is 0 Å². The average Bonchev–Trinajstić information content (AvgIpc) is 3.35. The number of ether oxygens (including phenoxy) is 1. The van der Waals surface area contributed by atoms with Crippen LogP contribution in [0.4, 0.5) is 10.1 Å². The minimum absolute atomic E-state index is 0.0410. The third kappa shape index (κ3) is 5.75. The number of hydrogen-bond acceptors (Lipinski definition) is 5. The van der Waals surface area contributed by atoms with Crippen molar-refractivity contribution in [3.8, 4) is 0 Å². The second kappa shape index (κ2) is 9.49. The molecule has 1 aromatic carbocycles. The molecule has 0 bridgehead atoms. The lowest BCUT2D eigenvalue weighted by Gasteiger charge is -2.23. The van der Waals surface area contributed by atoms with Crippen molar-refractivity contribution in [1.82, 2.24) is 10.2 Å². The Hall–Kier alpha value is -2.97. The second-order valence-corrected chi connectivity index (χ2v) is 7.32. The van der Waals surface area contributed by atoms with Gasteiger partial charge in [0.25, 0.3) is 5.91 Å². The van der Waals surface area contributed by atoms with E-state index in [9.17, 15) is 23.6 Å². The molecule has 8 nitrogen and oxygen atoms in total. The van der Waals surface area contributed by atoms with Gasteiger partial charge < -0.3 is 20.3 Å². The van der Waals surface area contributed by atoms with Crippen LogP contribution in [-0.2, 0) is 23.9 Å². The molecule has 156 valence electrons. The summed E-state index contributed by atoms with van der Waals surface area (Å²) in [5.74, 6) is -2.72. The van der Waals surface area contributed by atoms with Crippen molar-refractivity contribution in [3.63, 3.8) is 0 Å². The lowest BCUT2D eigenvalue weighted by molar-refractivity contribution is -0.152. The van der Waals surface area contributed by atoms with Crippen LogP contribution in [0, 0.1) is 11.7 Å². The van der Waals surface area contributed by atoms with Crippen molar-refractivity contribution >= 4 is 29.4 Å². The van der Waals surface area contributed by atoms with Crippen molar-refractivity contribution < 1.29 is 28.3 Å². The molecule has 0 unspecified atom stereocenters. The number of likely N-dealkylation sites (tertiary alicyclic amines) is 1. The zero-order valence-corrected chi connectivity index (χ0v) is 16.0. The summed E-state index contributed by atoms with van der Waals surface area (Å²) in [5.41, 5.74) is 0.398. The van der Waals surface area contributed by atoms with E-state index < -0.39 is 36.1 Å². The molecule has 3 amide bonds. The van der Waals surface area contributed by atoms with E-state index in [1.54, 1.807) is 4.90 Å². The quantitative estimate of drug-likeness (QED) is 0.664. The first-order valence-corrected chi connectivity index (χ1v) is 9.70. The van der Waals surface area contributed by atoms with Gasteiger partial charge in [-0.05, 0) is 37.1 Å². The molecule has 1 aromatic rings. The highest BCUT2D eigenvalue weighted by Gasteiger charge is 2.39. The summed E-state index contributed by atoms with van der Waals surface area (Å²) in [6.07, 6.45) is 4.24. The minimum atomic E-state index is -0.621. The van der Waals surface area contributed by atoms with Crippen LogP contribution in [0.2, 0.25) is 0 Å². The van der Waals surface area contributed by atoms with Gasteiger partial charge in [-0.15, -0.1) is 0 Å². The van der Waals surface area contributed by atoms with Gasteiger partial charge in [0.15, 0.2) is 6.61 Å². The third-order valence-electron chi connectivity index (χ3n) is 5.18.